The van der Waals surface area contributed by atoms with Gasteiger partial charge in [0.25, 0.3) is 10.0 Å². The summed E-state index contributed by atoms with van der Waals surface area (Å²) in [5.41, 5.74) is 1.93. The summed E-state index contributed by atoms with van der Waals surface area (Å²) in [6.45, 7) is 0. The number of nitrogens with zero attached hydrogens (tertiary/aromatic N) is 2. The summed E-state index contributed by atoms with van der Waals surface area (Å²) in [5.74, 6) is 0.595. The number of nitrogens with one attached hydrogen (secondary N) is 1. The average molecular weight is 404 g/mol. The summed E-state index contributed by atoms with van der Waals surface area (Å²) in [4.78, 5) is 8.14. The van der Waals surface area contributed by atoms with E-state index in [1.165, 1.54) is 25.6 Å². The number of aromatic nitrogens is 2. The Morgan fingerprint density at radius 2 is 1.74 bits per heavy atom. The van der Waals surface area contributed by atoms with Crippen LogP contribution >= 0.6 is 12.4 Å². The number of anilines is 1. The van der Waals surface area contributed by atoms with Gasteiger partial charge in [-0.3, -0.25) is 4.72 Å². The topological polar surface area (TPSA) is 81.2 Å². The fourth-order valence-corrected chi connectivity index (χ4v) is 3.36. The van der Waals surface area contributed by atoms with E-state index in [1.54, 1.807) is 48.7 Å². The number of sulfonamides is 1. The third-order valence-electron chi connectivity index (χ3n) is 3.61. The summed E-state index contributed by atoms with van der Waals surface area (Å²) in [6.07, 6.45) is 6.69. The van der Waals surface area contributed by atoms with Gasteiger partial charge < -0.3 is 4.74 Å². The van der Waals surface area contributed by atoms with Crippen molar-refractivity contribution in [1.82, 2.24) is 9.97 Å². The molecule has 2 aromatic carbocycles. The zero-order valence-corrected chi connectivity index (χ0v) is 16.1. The Labute approximate surface area is 164 Å². The van der Waals surface area contributed by atoms with Crippen LogP contribution < -0.4 is 9.46 Å². The van der Waals surface area contributed by atoms with Gasteiger partial charge in [0.15, 0.2) is 0 Å². The fraction of sp³-hybridized carbons (Fsp3) is 0.0526. The van der Waals surface area contributed by atoms with Crippen molar-refractivity contribution in [3.8, 4) is 5.75 Å². The molecule has 0 aliphatic heterocycles. The largest absolute Gasteiger partial charge is 0.497 e. The van der Waals surface area contributed by atoms with E-state index >= 15 is 0 Å². The average Bonchev–Trinajstić information content (AvgIpc) is 2.68. The van der Waals surface area contributed by atoms with E-state index < -0.39 is 10.0 Å². The van der Waals surface area contributed by atoms with Crippen LogP contribution in [0.15, 0.2) is 72.0 Å². The van der Waals surface area contributed by atoms with Crippen molar-refractivity contribution in [2.75, 3.05) is 11.8 Å². The lowest BCUT2D eigenvalue weighted by Crippen LogP contribution is -2.13. The Bertz CT molecular complexity index is 1010. The first-order valence-electron chi connectivity index (χ1n) is 7.78. The van der Waals surface area contributed by atoms with Crippen LogP contribution in [-0.4, -0.2) is 25.5 Å². The van der Waals surface area contributed by atoms with Gasteiger partial charge in [0, 0.05) is 6.20 Å². The van der Waals surface area contributed by atoms with E-state index in [-0.39, 0.29) is 17.3 Å². The minimum absolute atomic E-state index is 0. The van der Waals surface area contributed by atoms with Crippen LogP contribution in [0.4, 0.5) is 5.69 Å². The van der Waals surface area contributed by atoms with Crippen molar-refractivity contribution < 1.29 is 13.2 Å². The maximum atomic E-state index is 12.6. The van der Waals surface area contributed by atoms with E-state index in [0.717, 1.165) is 11.3 Å². The first-order chi connectivity index (χ1) is 12.6. The Hall–Kier alpha value is -2.90. The van der Waals surface area contributed by atoms with Crippen LogP contribution in [0.5, 0.6) is 5.75 Å². The second-order valence-electron chi connectivity index (χ2n) is 5.34. The first-order valence-corrected chi connectivity index (χ1v) is 9.27. The Morgan fingerprint density at radius 1 is 1.00 bits per heavy atom. The molecule has 0 saturated heterocycles. The molecule has 0 radical (unpaired) electrons. The van der Waals surface area contributed by atoms with E-state index in [9.17, 15) is 8.42 Å². The SMILES string of the molecule is COc1ccc(S(=O)(=O)Nc2ccccc2C=Cc2ccncn2)cc1.Cl. The summed E-state index contributed by atoms with van der Waals surface area (Å²) < 4.78 is 32.9. The zero-order chi connectivity index (χ0) is 18.4. The molecule has 1 heterocycles. The number of benzene rings is 2. The Morgan fingerprint density at radius 3 is 2.41 bits per heavy atom. The molecular formula is C19H18ClN3O3S. The Kier molecular flexibility index (Phi) is 6.92. The maximum absolute atomic E-state index is 12.6. The smallest absolute Gasteiger partial charge is 0.261 e. The molecule has 0 atom stereocenters. The highest BCUT2D eigenvalue weighted by Crippen LogP contribution is 2.23. The van der Waals surface area contributed by atoms with Gasteiger partial charge in [-0.05, 0) is 48.0 Å². The molecule has 0 bridgehead atoms. The quantitative estimate of drug-likeness (QED) is 0.675. The van der Waals surface area contributed by atoms with Crippen LogP contribution in [-0.2, 0) is 10.0 Å². The van der Waals surface area contributed by atoms with Crippen molar-refractivity contribution in [2.45, 2.75) is 4.90 Å². The summed E-state index contributed by atoms with van der Waals surface area (Å²) >= 11 is 0. The fourth-order valence-electron chi connectivity index (χ4n) is 2.27. The van der Waals surface area contributed by atoms with E-state index in [1.807, 2.05) is 12.1 Å². The summed E-state index contributed by atoms with van der Waals surface area (Å²) in [7, 11) is -2.18. The molecule has 140 valence electrons. The molecule has 0 unspecified atom stereocenters. The van der Waals surface area contributed by atoms with Crippen LogP contribution in [0.1, 0.15) is 11.3 Å². The molecule has 1 N–H and O–H groups in total. The molecular weight excluding hydrogens is 386 g/mol. The standard InChI is InChI=1S/C19H17N3O3S.ClH/c1-25-17-8-10-18(11-9-17)26(23,24)22-19-5-3-2-4-15(19)6-7-16-12-13-20-14-21-16;/h2-14,22H,1H3;1H. The monoisotopic (exact) mass is 403 g/mol. The van der Waals surface area contributed by atoms with Crippen LogP contribution in [0, 0.1) is 0 Å². The van der Waals surface area contributed by atoms with Gasteiger partial charge in [0.2, 0.25) is 0 Å². The maximum Gasteiger partial charge on any atom is 0.261 e. The molecule has 27 heavy (non-hydrogen) atoms. The zero-order valence-electron chi connectivity index (χ0n) is 14.4. The lowest BCUT2D eigenvalue weighted by atomic mass is 10.1. The predicted molar refractivity (Wildman–Crippen MR) is 108 cm³/mol. The number of hydrogen-bond acceptors (Lipinski definition) is 5. The number of ether oxygens (including phenoxy) is 1. The van der Waals surface area contributed by atoms with Gasteiger partial charge in [0.05, 0.1) is 23.4 Å². The van der Waals surface area contributed by atoms with Crippen molar-refractivity contribution in [3.05, 3.63) is 78.4 Å². The number of methoxy groups -OCH3 is 1. The number of halogens is 1. The summed E-state index contributed by atoms with van der Waals surface area (Å²) in [5, 5.41) is 0. The third-order valence-corrected chi connectivity index (χ3v) is 4.99. The molecule has 1 aromatic heterocycles. The highest BCUT2D eigenvalue weighted by molar-refractivity contribution is 7.92. The van der Waals surface area contributed by atoms with Crippen molar-refractivity contribution in [2.24, 2.45) is 0 Å². The molecule has 6 nitrogen and oxygen atoms in total. The molecule has 3 aromatic rings. The molecule has 0 aliphatic rings. The van der Waals surface area contributed by atoms with Gasteiger partial charge in [-0.15, -0.1) is 12.4 Å². The minimum atomic E-state index is -3.71. The molecule has 0 amide bonds. The molecule has 8 heteroatoms. The molecule has 0 saturated carbocycles. The molecule has 3 rings (SSSR count). The van der Waals surface area contributed by atoms with E-state index in [0.29, 0.717) is 11.4 Å². The minimum Gasteiger partial charge on any atom is -0.497 e. The number of hydrogen-bond donors (Lipinski definition) is 1. The van der Waals surface area contributed by atoms with Gasteiger partial charge >= 0.3 is 0 Å². The van der Waals surface area contributed by atoms with Crippen LogP contribution in [0.25, 0.3) is 12.2 Å². The highest BCUT2D eigenvalue weighted by Gasteiger charge is 2.15. The normalized spacial score (nSPS) is 11.0. The lowest BCUT2D eigenvalue weighted by molar-refractivity contribution is 0.414. The third kappa shape index (κ3) is 5.29. The number of rotatable bonds is 6. The first kappa shape index (κ1) is 20.4. The van der Waals surface area contributed by atoms with Crippen molar-refractivity contribution in [3.63, 3.8) is 0 Å². The van der Waals surface area contributed by atoms with Crippen molar-refractivity contribution >= 4 is 40.3 Å². The molecule has 0 spiro atoms. The second-order valence-corrected chi connectivity index (χ2v) is 7.02. The van der Waals surface area contributed by atoms with Crippen LogP contribution in [0.2, 0.25) is 0 Å². The molecule has 0 aliphatic carbocycles. The van der Waals surface area contributed by atoms with E-state index in [2.05, 4.69) is 14.7 Å². The molecule has 0 fully saturated rings. The van der Waals surface area contributed by atoms with E-state index in [4.69, 9.17) is 4.74 Å². The van der Waals surface area contributed by atoms with Gasteiger partial charge in [-0.1, -0.05) is 24.3 Å². The van der Waals surface area contributed by atoms with Gasteiger partial charge in [-0.25, -0.2) is 18.4 Å². The highest BCUT2D eigenvalue weighted by atomic mass is 35.5. The summed E-state index contributed by atoms with van der Waals surface area (Å²) in [6, 6.07) is 15.1. The van der Waals surface area contributed by atoms with Crippen LogP contribution in [0.3, 0.4) is 0 Å². The predicted octanol–water partition coefficient (Wildman–Crippen LogP) is 3.88. The lowest BCUT2D eigenvalue weighted by Gasteiger charge is -2.11. The van der Waals surface area contributed by atoms with Gasteiger partial charge in [-0.2, -0.15) is 0 Å². The second kappa shape index (κ2) is 9.16. The van der Waals surface area contributed by atoms with Gasteiger partial charge in [0.1, 0.15) is 12.1 Å². The number of para-hydroxylation sites is 1. The van der Waals surface area contributed by atoms with Crippen molar-refractivity contribution in [1.29, 1.82) is 0 Å². The Balaban J connectivity index is 0.00000261.